The molecule has 0 bridgehead atoms. The van der Waals surface area contributed by atoms with Crippen molar-refractivity contribution in [3.63, 3.8) is 0 Å². The number of halogens is 3. The van der Waals surface area contributed by atoms with E-state index in [2.05, 4.69) is 9.97 Å². The fourth-order valence-electron chi connectivity index (χ4n) is 2.21. The van der Waals surface area contributed by atoms with Gasteiger partial charge in [0.05, 0.1) is 23.0 Å². The molecule has 0 amide bonds. The number of carboxylic acids is 1. The van der Waals surface area contributed by atoms with Crippen LogP contribution in [0.4, 0.5) is 18.9 Å². The molecule has 2 heterocycles. The molecule has 3 aromatic rings. The Balaban J connectivity index is 2.31. The van der Waals surface area contributed by atoms with Crippen molar-refractivity contribution in [1.82, 2.24) is 14.5 Å². The van der Waals surface area contributed by atoms with Gasteiger partial charge in [0.1, 0.15) is 0 Å². The molecule has 0 aliphatic carbocycles. The Morgan fingerprint density at radius 3 is 2.68 bits per heavy atom. The fourth-order valence-corrected chi connectivity index (χ4v) is 3.03. The summed E-state index contributed by atoms with van der Waals surface area (Å²) < 4.78 is 40.5. The van der Waals surface area contributed by atoms with E-state index in [-0.39, 0.29) is 27.4 Å². The van der Waals surface area contributed by atoms with Gasteiger partial charge in [-0.3, -0.25) is 9.59 Å². The van der Waals surface area contributed by atoms with Gasteiger partial charge in [-0.05, 0) is 18.2 Å². The Hall–Kier alpha value is -2.95. The number of rotatable bonds is 3. The number of alkyl halides is 3. The van der Waals surface area contributed by atoms with Crippen molar-refractivity contribution < 1.29 is 23.1 Å². The number of thiazole rings is 1. The van der Waals surface area contributed by atoms with Crippen molar-refractivity contribution in [3.8, 4) is 5.13 Å². The maximum atomic E-state index is 13.4. The van der Waals surface area contributed by atoms with Crippen molar-refractivity contribution in [3.05, 3.63) is 45.5 Å². The Bertz CT molecular complexity index is 1040. The molecule has 0 unspecified atom stereocenters. The van der Waals surface area contributed by atoms with Crippen molar-refractivity contribution in [2.75, 3.05) is 5.73 Å². The molecule has 2 aromatic heterocycles. The second kappa shape index (κ2) is 5.84. The second-order valence-electron chi connectivity index (χ2n) is 5.04. The van der Waals surface area contributed by atoms with Crippen molar-refractivity contribution in [2.45, 2.75) is 12.6 Å². The summed E-state index contributed by atoms with van der Waals surface area (Å²) >= 11 is 0.719. The minimum atomic E-state index is -4.91. The molecule has 0 atom stereocenters. The minimum absolute atomic E-state index is 0.0418. The van der Waals surface area contributed by atoms with Crippen LogP contribution in [0.1, 0.15) is 11.5 Å². The fraction of sp³-hybridized carbons (Fsp3) is 0.143. The van der Waals surface area contributed by atoms with E-state index in [9.17, 15) is 22.8 Å². The molecule has 130 valence electrons. The van der Waals surface area contributed by atoms with Crippen molar-refractivity contribution in [2.24, 2.45) is 0 Å². The Morgan fingerprint density at radius 1 is 1.32 bits per heavy atom. The molecule has 11 heteroatoms. The molecular weight excluding hydrogens is 361 g/mol. The van der Waals surface area contributed by atoms with Gasteiger partial charge in [0, 0.05) is 11.1 Å². The summed E-state index contributed by atoms with van der Waals surface area (Å²) in [4.78, 5) is 30.6. The quantitative estimate of drug-likeness (QED) is 0.683. The summed E-state index contributed by atoms with van der Waals surface area (Å²) in [5, 5.41) is 9.62. The number of nitrogens with two attached hydrogens (primary N) is 1. The number of nitrogen functional groups attached to an aromatic ring is 1. The van der Waals surface area contributed by atoms with Gasteiger partial charge < -0.3 is 10.8 Å². The van der Waals surface area contributed by atoms with Gasteiger partial charge >= 0.3 is 12.1 Å². The number of hydrogen-bond donors (Lipinski definition) is 2. The number of benzene rings is 1. The molecular formula is C14H9F3N4O3S. The SMILES string of the molecule is Nc1ccc2nc(C(F)(F)F)n(-c3nc(CC(=O)O)cs3)c(=O)c2c1. The van der Waals surface area contributed by atoms with Crippen molar-refractivity contribution in [1.29, 1.82) is 0 Å². The zero-order valence-electron chi connectivity index (χ0n) is 12.2. The molecule has 3 N–H and O–H groups in total. The number of aliphatic carboxylic acids is 1. The van der Waals surface area contributed by atoms with Crippen LogP contribution in [0.15, 0.2) is 28.4 Å². The Labute approximate surface area is 141 Å². The predicted octanol–water partition coefficient (Wildman–Crippen LogP) is 2.07. The third kappa shape index (κ3) is 3.18. The van der Waals surface area contributed by atoms with Crippen LogP contribution in [0.3, 0.4) is 0 Å². The standard InChI is InChI=1S/C14H9F3N4O3S/c15-14(16,17)12-20-9-2-1-6(18)3-8(9)11(24)21(12)13-19-7(5-25-13)4-10(22)23/h1-3,5H,4,18H2,(H,22,23). The molecule has 0 saturated carbocycles. The molecule has 0 fully saturated rings. The second-order valence-corrected chi connectivity index (χ2v) is 5.88. The van der Waals surface area contributed by atoms with E-state index in [1.807, 2.05) is 0 Å². The summed E-state index contributed by atoms with van der Waals surface area (Å²) in [5.41, 5.74) is 4.69. The van der Waals surface area contributed by atoms with E-state index in [1.165, 1.54) is 23.6 Å². The maximum absolute atomic E-state index is 13.4. The molecule has 0 radical (unpaired) electrons. The Morgan fingerprint density at radius 2 is 2.04 bits per heavy atom. The molecule has 0 spiro atoms. The van der Waals surface area contributed by atoms with E-state index in [1.54, 1.807) is 0 Å². The zero-order valence-corrected chi connectivity index (χ0v) is 13.1. The van der Waals surface area contributed by atoms with Gasteiger partial charge in [0.2, 0.25) is 5.82 Å². The van der Waals surface area contributed by atoms with Gasteiger partial charge in [0.15, 0.2) is 5.13 Å². The smallest absolute Gasteiger partial charge is 0.450 e. The van der Waals surface area contributed by atoms with Crippen LogP contribution in [0, 0.1) is 0 Å². The maximum Gasteiger partial charge on any atom is 0.450 e. The van der Waals surface area contributed by atoms with Crippen LogP contribution in [-0.2, 0) is 17.4 Å². The molecule has 0 saturated heterocycles. The number of hydrogen-bond acceptors (Lipinski definition) is 6. The van der Waals surface area contributed by atoms with Crippen molar-refractivity contribution >= 4 is 33.9 Å². The largest absolute Gasteiger partial charge is 0.481 e. The monoisotopic (exact) mass is 370 g/mol. The first-order valence-electron chi connectivity index (χ1n) is 6.73. The van der Waals surface area contributed by atoms with Gasteiger partial charge in [-0.2, -0.15) is 13.2 Å². The van der Waals surface area contributed by atoms with E-state index in [0.717, 1.165) is 11.3 Å². The summed E-state index contributed by atoms with van der Waals surface area (Å²) in [6.07, 6.45) is -5.38. The molecule has 25 heavy (non-hydrogen) atoms. The van der Waals surface area contributed by atoms with Gasteiger partial charge in [-0.25, -0.2) is 14.5 Å². The number of aromatic nitrogens is 3. The first-order valence-corrected chi connectivity index (χ1v) is 7.61. The molecule has 7 nitrogen and oxygen atoms in total. The first kappa shape index (κ1) is 16.9. The number of nitrogens with zero attached hydrogens (tertiary/aromatic N) is 3. The van der Waals surface area contributed by atoms with E-state index < -0.39 is 30.0 Å². The molecule has 1 aromatic carbocycles. The van der Waals surface area contributed by atoms with Crippen LogP contribution in [0.5, 0.6) is 0 Å². The first-order chi connectivity index (χ1) is 11.7. The lowest BCUT2D eigenvalue weighted by Gasteiger charge is -2.13. The van der Waals surface area contributed by atoms with Crippen LogP contribution in [-0.4, -0.2) is 25.6 Å². The van der Waals surface area contributed by atoms with E-state index in [0.29, 0.717) is 4.57 Å². The number of carboxylic acid groups (broad SMARTS) is 1. The minimum Gasteiger partial charge on any atom is -0.481 e. The lowest BCUT2D eigenvalue weighted by atomic mass is 10.2. The lowest BCUT2D eigenvalue weighted by molar-refractivity contribution is -0.146. The topological polar surface area (TPSA) is 111 Å². The van der Waals surface area contributed by atoms with Crippen LogP contribution >= 0.6 is 11.3 Å². The highest BCUT2D eigenvalue weighted by atomic mass is 32.1. The lowest BCUT2D eigenvalue weighted by Crippen LogP contribution is -2.28. The van der Waals surface area contributed by atoms with Gasteiger partial charge in [-0.1, -0.05) is 0 Å². The number of carbonyl (C=O) groups is 1. The third-order valence-corrected chi connectivity index (χ3v) is 4.08. The van der Waals surface area contributed by atoms with Crippen LogP contribution in [0.25, 0.3) is 16.0 Å². The van der Waals surface area contributed by atoms with E-state index >= 15 is 0 Å². The third-order valence-electron chi connectivity index (χ3n) is 3.21. The highest BCUT2D eigenvalue weighted by Gasteiger charge is 2.38. The normalized spacial score (nSPS) is 11.8. The Kier molecular flexibility index (Phi) is 3.95. The van der Waals surface area contributed by atoms with Crippen LogP contribution in [0.2, 0.25) is 0 Å². The highest BCUT2D eigenvalue weighted by molar-refractivity contribution is 7.12. The van der Waals surface area contributed by atoms with Crippen LogP contribution < -0.4 is 11.3 Å². The summed E-state index contributed by atoms with van der Waals surface area (Å²) in [5.74, 6) is -2.63. The molecule has 0 aliphatic rings. The average molecular weight is 370 g/mol. The van der Waals surface area contributed by atoms with E-state index in [4.69, 9.17) is 10.8 Å². The molecule has 3 rings (SSSR count). The van der Waals surface area contributed by atoms with Gasteiger partial charge in [0.25, 0.3) is 5.56 Å². The summed E-state index contributed by atoms with van der Waals surface area (Å²) in [6, 6.07) is 3.80. The van der Waals surface area contributed by atoms with Gasteiger partial charge in [-0.15, -0.1) is 11.3 Å². The number of fused-ring (bicyclic) bond motifs is 1. The summed E-state index contributed by atoms with van der Waals surface area (Å²) in [6.45, 7) is 0. The average Bonchev–Trinajstić information content (AvgIpc) is 2.94. The predicted molar refractivity (Wildman–Crippen MR) is 83.8 cm³/mol. The highest BCUT2D eigenvalue weighted by Crippen LogP contribution is 2.30. The molecule has 0 aliphatic heterocycles. The summed E-state index contributed by atoms with van der Waals surface area (Å²) in [7, 11) is 0. The number of anilines is 1. The zero-order chi connectivity index (χ0) is 18.4.